The average Bonchev–Trinajstić information content (AvgIpc) is 3.08. The van der Waals surface area contributed by atoms with Crippen molar-refractivity contribution in [1.29, 1.82) is 0 Å². The lowest BCUT2D eigenvalue weighted by molar-refractivity contribution is -0.141. The SMILES string of the molecule is NC1=C(Nc2ccn[nH]2)CCN(C(=O)c2ccnc(C(F)(F)F)c2Cl)C1. The number of aromatic nitrogens is 3. The van der Waals surface area contributed by atoms with Gasteiger partial charge in [-0.1, -0.05) is 11.6 Å². The molecule has 1 aliphatic heterocycles. The van der Waals surface area contributed by atoms with Gasteiger partial charge in [-0.05, 0) is 6.07 Å². The van der Waals surface area contributed by atoms with Crippen LogP contribution in [0.25, 0.3) is 0 Å². The summed E-state index contributed by atoms with van der Waals surface area (Å²) in [7, 11) is 0. The first-order valence-corrected chi connectivity index (χ1v) is 7.90. The monoisotopic (exact) mass is 386 g/mol. The van der Waals surface area contributed by atoms with Crippen LogP contribution >= 0.6 is 11.6 Å². The number of rotatable bonds is 3. The Balaban J connectivity index is 1.79. The number of nitrogens with two attached hydrogens (primary N) is 1. The van der Waals surface area contributed by atoms with E-state index in [9.17, 15) is 18.0 Å². The number of hydrogen-bond acceptors (Lipinski definition) is 5. The van der Waals surface area contributed by atoms with Crippen molar-refractivity contribution in [3.05, 3.63) is 52.2 Å². The van der Waals surface area contributed by atoms with Crippen LogP contribution in [0.4, 0.5) is 19.0 Å². The summed E-state index contributed by atoms with van der Waals surface area (Å²) in [5, 5.41) is 8.89. The second-order valence-electron chi connectivity index (χ2n) is 5.59. The second-order valence-corrected chi connectivity index (χ2v) is 5.97. The summed E-state index contributed by atoms with van der Waals surface area (Å²) in [4.78, 5) is 17.2. The average molecular weight is 387 g/mol. The van der Waals surface area contributed by atoms with Crippen molar-refractivity contribution in [3.8, 4) is 0 Å². The molecule has 2 aromatic heterocycles. The third-order valence-corrected chi connectivity index (χ3v) is 4.22. The molecular weight excluding hydrogens is 373 g/mol. The molecule has 1 aliphatic rings. The highest BCUT2D eigenvalue weighted by Crippen LogP contribution is 2.35. The molecule has 1 amide bonds. The third kappa shape index (κ3) is 3.59. The van der Waals surface area contributed by atoms with E-state index in [1.54, 1.807) is 12.3 Å². The predicted octanol–water partition coefficient (Wildman–Crippen LogP) is 2.61. The molecule has 3 rings (SSSR count). The van der Waals surface area contributed by atoms with Gasteiger partial charge < -0.3 is 16.0 Å². The number of aromatic amines is 1. The number of alkyl halides is 3. The summed E-state index contributed by atoms with van der Waals surface area (Å²) < 4.78 is 38.7. The standard InChI is InChI=1S/C15H14ClF3N6O/c16-12-8(1-4-21-13(12)15(17,18)19)14(26)25-6-3-10(9(20)7-25)23-11-2-5-22-24-11/h1-2,4-5H,3,6-7,20H2,(H2,22,23,24). The molecule has 138 valence electrons. The van der Waals surface area contributed by atoms with Gasteiger partial charge in [0.15, 0.2) is 5.69 Å². The molecular formula is C15H14ClF3N6O. The van der Waals surface area contributed by atoms with E-state index in [-0.39, 0.29) is 18.7 Å². The quantitative estimate of drug-likeness (QED) is 0.753. The topological polar surface area (TPSA) is 99.9 Å². The van der Waals surface area contributed by atoms with E-state index in [0.29, 0.717) is 17.9 Å². The van der Waals surface area contributed by atoms with E-state index in [0.717, 1.165) is 18.0 Å². The lowest BCUT2D eigenvalue weighted by Crippen LogP contribution is -2.40. The van der Waals surface area contributed by atoms with E-state index in [4.69, 9.17) is 17.3 Å². The highest BCUT2D eigenvalue weighted by molar-refractivity contribution is 6.34. The zero-order valence-corrected chi connectivity index (χ0v) is 14.0. The van der Waals surface area contributed by atoms with Crippen LogP contribution in [-0.2, 0) is 6.18 Å². The number of anilines is 1. The number of pyridine rings is 1. The number of carbonyl (C=O) groups excluding carboxylic acids is 1. The Kier molecular flexibility index (Phi) is 4.77. The molecule has 0 spiro atoms. The van der Waals surface area contributed by atoms with E-state index >= 15 is 0 Å². The number of H-pyrrole nitrogens is 1. The summed E-state index contributed by atoms with van der Waals surface area (Å²) in [6.45, 7) is 0.339. The molecule has 0 radical (unpaired) electrons. The van der Waals surface area contributed by atoms with Crippen LogP contribution in [0.3, 0.4) is 0 Å². The fourth-order valence-corrected chi connectivity index (χ4v) is 2.87. The Morgan fingerprint density at radius 1 is 1.35 bits per heavy atom. The minimum absolute atomic E-state index is 0.0648. The van der Waals surface area contributed by atoms with E-state index in [1.807, 2.05) is 0 Å². The van der Waals surface area contributed by atoms with Crippen LogP contribution in [0.5, 0.6) is 0 Å². The summed E-state index contributed by atoms with van der Waals surface area (Å²) in [5.41, 5.74) is 5.58. The van der Waals surface area contributed by atoms with E-state index < -0.39 is 22.8 Å². The minimum Gasteiger partial charge on any atom is -0.399 e. The van der Waals surface area contributed by atoms with Gasteiger partial charge in [0.1, 0.15) is 5.82 Å². The fourth-order valence-electron chi connectivity index (χ4n) is 2.57. The van der Waals surface area contributed by atoms with Gasteiger partial charge >= 0.3 is 6.18 Å². The van der Waals surface area contributed by atoms with Crippen molar-refractivity contribution >= 4 is 23.3 Å². The van der Waals surface area contributed by atoms with Crippen molar-refractivity contribution in [2.45, 2.75) is 12.6 Å². The lowest BCUT2D eigenvalue weighted by Gasteiger charge is -2.30. The number of hydrogen-bond donors (Lipinski definition) is 3. The maximum absolute atomic E-state index is 12.9. The third-order valence-electron chi connectivity index (χ3n) is 3.84. The van der Waals surface area contributed by atoms with Gasteiger partial charge in [0, 0.05) is 36.6 Å². The number of halogens is 4. The van der Waals surface area contributed by atoms with Crippen molar-refractivity contribution in [2.75, 3.05) is 18.4 Å². The largest absolute Gasteiger partial charge is 0.434 e. The van der Waals surface area contributed by atoms with Crippen molar-refractivity contribution in [3.63, 3.8) is 0 Å². The zero-order chi connectivity index (χ0) is 18.9. The van der Waals surface area contributed by atoms with Gasteiger partial charge in [0.2, 0.25) is 0 Å². The van der Waals surface area contributed by atoms with Crippen LogP contribution in [-0.4, -0.2) is 39.1 Å². The first-order valence-electron chi connectivity index (χ1n) is 7.52. The van der Waals surface area contributed by atoms with E-state index in [1.165, 1.54) is 4.90 Å². The Morgan fingerprint density at radius 3 is 2.73 bits per heavy atom. The van der Waals surface area contributed by atoms with Crippen LogP contribution in [0.1, 0.15) is 22.5 Å². The van der Waals surface area contributed by atoms with Crippen molar-refractivity contribution in [1.82, 2.24) is 20.1 Å². The number of amides is 1. The highest BCUT2D eigenvalue weighted by atomic mass is 35.5. The molecule has 3 heterocycles. The molecule has 0 unspecified atom stereocenters. The fraction of sp³-hybridized carbons (Fsp3) is 0.267. The first-order chi connectivity index (χ1) is 12.3. The van der Waals surface area contributed by atoms with Gasteiger partial charge in [0.25, 0.3) is 5.91 Å². The van der Waals surface area contributed by atoms with Crippen LogP contribution in [0, 0.1) is 0 Å². The molecule has 7 nitrogen and oxygen atoms in total. The molecule has 11 heteroatoms. The van der Waals surface area contributed by atoms with Crippen LogP contribution in [0.15, 0.2) is 35.9 Å². The number of nitrogens with zero attached hydrogens (tertiary/aromatic N) is 3. The summed E-state index contributed by atoms with van der Waals surface area (Å²) in [5.74, 6) is 0.0150. The maximum atomic E-state index is 12.9. The Labute approximate surface area is 151 Å². The second kappa shape index (κ2) is 6.87. The Morgan fingerprint density at radius 2 is 2.12 bits per heavy atom. The molecule has 0 atom stereocenters. The smallest absolute Gasteiger partial charge is 0.399 e. The van der Waals surface area contributed by atoms with Gasteiger partial charge in [0.05, 0.1) is 23.3 Å². The molecule has 0 fully saturated rings. The van der Waals surface area contributed by atoms with E-state index in [2.05, 4.69) is 20.5 Å². The van der Waals surface area contributed by atoms with Crippen LogP contribution in [0.2, 0.25) is 5.02 Å². The molecule has 0 saturated carbocycles. The molecule has 4 N–H and O–H groups in total. The predicted molar refractivity (Wildman–Crippen MR) is 88.2 cm³/mol. The molecule has 0 saturated heterocycles. The Bertz CT molecular complexity index is 850. The summed E-state index contributed by atoms with van der Waals surface area (Å²) in [6.07, 6.45) is -1.85. The number of carbonyl (C=O) groups is 1. The minimum atomic E-state index is -4.74. The highest BCUT2D eigenvalue weighted by Gasteiger charge is 2.37. The van der Waals surface area contributed by atoms with Gasteiger partial charge in [-0.2, -0.15) is 18.3 Å². The van der Waals surface area contributed by atoms with Gasteiger partial charge in [-0.15, -0.1) is 0 Å². The molecule has 26 heavy (non-hydrogen) atoms. The molecule has 0 aromatic carbocycles. The summed E-state index contributed by atoms with van der Waals surface area (Å²) in [6, 6.07) is 2.88. The van der Waals surface area contributed by atoms with Crippen molar-refractivity contribution in [2.24, 2.45) is 5.73 Å². The zero-order valence-electron chi connectivity index (χ0n) is 13.3. The molecule has 0 bridgehead atoms. The maximum Gasteiger partial charge on any atom is 0.434 e. The first kappa shape index (κ1) is 18.1. The number of nitrogens with one attached hydrogen (secondary N) is 2. The molecule has 2 aromatic rings. The van der Waals surface area contributed by atoms with Crippen molar-refractivity contribution < 1.29 is 18.0 Å². The van der Waals surface area contributed by atoms with Gasteiger partial charge in [-0.3, -0.25) is 14.9 Å². The lowest BCUT2D eigenvalue weighted by atomic mass is 10.1. The van der Waals surface area contributed by atoms with Crippen LogP contribution < -0.4 is 11.1 Å². The normalized spacial score (nSPS) is 15.3. The Hall–Kier alpha value is -2.75. The van der Waals surface area contributed by atoms with Gasteiger partial charge in [-0.25, -0.2) is 0 Å². The summed E-state index contributed by atoms with van der Waals surface area (Å²) >= 11 is 5.77. The molecule has 0 aliphatic carbocycles.